The van der Waals surface area contributed by atoms with Crippen molar-refractivity contribution in [2.45, 2.75) is 6.42 Å². The molecule has 0 aromatic carbocycles. The van der Waals surface area contributed by atoms with E-state index in [2.05, 4.69) is 19.6 Å². The van der Waals surface area contributed by atoms with Crippen LogP contribution in [0.4, 0.5) is 5.82 Å². The van der Waals surface area contributed by atoms with Crippen LogP contribution in [0.25, 0.3) is 0 Å². The number of carbonyl (C=O) groups excluding carboxylic acids is 1. The SMILES string of the molecule is COC(=O)Cc1nc(OC)cc(N2CCOCC2)n1. The fraction of sp³-hybridized carbons (Fsp3) is 0.583. The number of rotatable bonds is 4. The lowest BCUT2D eigenvalue weighted by Crippen LogP contribution is -2.37. The average molecular weight is 267 g/mol. The third-order valence-corrected chi connectivity index (χ3v) is 2.81. The van der Waals surface area contributed by atoms with E-state index in [-0.39, 0.29) is 12.4 Å². The van der Waals surface area contributed by atoms with Gasteiger partial charge in [0.2, 0.25) is 5.88 Å². The molecule has 7 heteroatoms. The zero-order valence-electron chi connectivity index (χ0n) is 11.1. The molecule has 1 aromatic heterocycles. The van der Waals surface area contributed by atoms with Crippen molar-refractivity contribution in [3.63, 3.8) is 0 Å². The molecule has 0 saturated carbocycles. The molecule has 1 fully saturated rings. The fourth-order valence-electron chi connectivity index (χ4n) is 1.80. The highest BCUT2D eigenvalue weighted by Gasteiger charge is 2.16. The van der Waals surface area contributed by atoms with Gasteiger partial charge >= 0.3 is 5.97 Å². The second-order valence-electron chi connectivity index (χ2n) is 4.04. The molecule has 0 aliphatic carbocycles. The van der Waals surface area contributed by atoms with E-state index in [1.165, 1.54) is 14.2 Å². The van der Waals surface area contributed by atoms with Gasteiger partial charge in [0.05, 0.1) is 27.4 Å². The van der Waals surface area contributed by atoms with Crippen molar-refractivity contribution in [2.24, 2.45) is 0 Å². The van der Waals surface area contributed by atoms with E-state index in [9.17, 15) is 4.79 Å². The lowest BCUT2D eigenvalue weighted by atomic mass is 10.3. The summed E-state index contributed by atoms with van der Waals surface area (Å²) >= 11 is 0. The monoisotopic (exact) mass is 267 g/mol. The van der Waals surface area contributed by atoms with Gasteiger partial charge in [0.25, 0.3) is 0 Å². The van der Waals surface area contributed by atoms with Crippen LogP contribution in [-0.2, 0) is 20.7 Å². The first-order valence-electron chi connectivity index (χ1n) is 6.04. The van der Waals surface area contributed by atoms with Crippen LogP contribution in [0.3, 0.4) is 0 Å². The van der Waals surface area contributed by atoms with Crippen molar-refractivity contribution in [3.05, 3.63) is 11.9 Å². The Morgan fingerprint density at radius 2 is 2.11 bits per heavy atom. The molecule has 1 aliphatic rings. The summed E-state index contributed by atoms with van der Waals surface area (Å²) in [5, 5.41) is 0. The highest BCUT2D eigenvalue weighted by molar-refractivity contribution is 5.71. The van der Waals surface area contributed by atoms with Crippen LogP contribution in [0.1, 0.15) is 5.82 Å². The van der Waals surface area contributed by atoms with Crippen LogP contribution in [0.5, 0.6) is 5.88 Å². The summed E-state index contributed by atoms with van der Waals surface area (Å²) < 4.78 is 15.1. The first kappa shape index (κ1) is 13.5. The van der Waals surface area contributed by atoms with E-state index in [0.29, 0.717) is 24.9 Å². The molecule has 1 aromatic rings. The van der Waals surface area contributed by atoms with Crippen LogP contribution in [0.2, 0.25) is 0 Å². The normalized spacial score (nSPS) is 15.2. The summed E-state index contributed by atoms with van der Waals surface area (Å²) in [6.07, 6.45) is 0.0328. The van der Waals surface area contributed by atoms with Crippen LogP contribution >= 0.6 is 0 Å². The molecular formula is C12H17N3O4. The predicted octanol–water partition coefficient (Wildman–Crippen LogP) is 0.0373. The number of hydrogen-bond acceptors (Lipinski definition) is 7. The lowest BCUT2D eigenvalue weighted by molar-refractivity contribution is -0.139. The van der Waals surface area contributed by atoms with E-state index < -0.39 is 0 Å². The number of nitrogens with zero attached hydrogens (tertiary/aromatic N) is 3. The van der Waals surface area contributed by atoms with E-state index in [1.807, 2.05) is 0 Å². The van der Waals surface area contributed by atoms with Crippen LogP contribution < -0.4 is 9.64 Å². The predicted molar refractivity (Wildman–Crippen MR) is 67.3 cm³/mol. The Bertz CT molecular complexity index is 447. The standard InChI is InChI=1S/C12H17N3O4/c1-17-11-8-10(15-3-5-19-6-4-15)13-9(14-11)7-12(16)18-2/h8H,3-7H2,1-2H3. The molecule has 1 saturated heterocycles. The van der Waals surface area contributed by atoms with Gasteiger partial charge in [0, 0.05) is 19.2 Å². The molecule has 2 rings (SSSR count). The molecular weight excluding hydrogens is 250 g/mol. The molecule has 0 spiro atoms. The summed E-state index contributed by atoms with van der Waals surface area (Å²) in [5.74, 6) is 1.21. The Morgan fingerprint density at radius 1 is 1.37 bits per heavy atom. The quantitative estimate of drug-likeness (QED) is 0.713. The molecule has 7 nitrogen and oxygen atoms in total. The largest absolute Gasteiger partial charge is 0.481 e. The molecule has 0 atom stereocenters. The minimum Gasteiger partial charge on any atom is -0.481 e. The number of esters is 1. The highest BCUT2D eigenvalue weighted by atomic mass is 16.5. The summed E-state index contributed by atoms with van der Waals surface area (Å²) in [6.45, 7) is 2.85. The zero-order valence-corrected chi connectivity index (χ0v) is 11.1. The van der Waals surface area contributed by atoms with E-state index in [4.69, 9.17) is 9.47 Å². The second-order valence-corrected chi connectivity index (χ2v) is 4.04. The minimum absolute atomic E-state index is 0.0328. The number of morpholine rings is 1. The van der Waals surface area contributed by atoms with Gasteiger partial charge in [0.15, 0.2) is 0 Å². The van der Waals surface area contributed by atoms with Crippen molar-refractivity contribution in [3.8, 4) is 5.88 Å². The van der Waals surface area contributed by atoms with E-state index in [0.717, 1.165) is 18.9 Å². The minimum atomic E-state index is -0.374. The van der Waals surface area contributed by atoms with Crippen molar-refractivity contribution >= 4 is 11.8 Å². The molecule has 0 unspecified atom stereocenters. The summed E-state index contributed by atoms with van der Waals surface area (Å²) in [6, 6.07) is 1.76. The smallest absolute Gasteiger partial charge is 0.313 e. The summed E-state index contributed by atoms with van der Waals surface area (Å²) in [5.41, 5.74) is 0. The fourth-order valence-corrected chi connectivity index (χ4v) is 1.80. The van der Waals surface area contributed by atoms with Gasteiger partial charge in [-0.25, -0.2) is 4.98 Å². The van der Waals surface area contributed by atoms with Gasteiger partial charge in [-0.1, -0.05) is 0 Å². The van der Waals surface area contributed by atoms with Crippen molar-refractivity contribution in [1.82, 2.24) is 9.97 Å². The van der Waals surface area contributed by atoms with Crippen molar-refractivity contribution in [1.29, 1.82) is 0 Å². The number of methoxy groups -OCH3 is 2. The third kappa shape index (κ3) is 3.54. The van der Waals surface area contributed by atoms with Crippen molar-refractivity contribution < 1.29 is 19.0 Å². The number of hydrogen-bond donors (Lipinski definition) is 0. The van der Waals surface area contributed by atoms with Gasteiger partial charge in [-0.2, -0.15) is 4.98 Å². The Morgan fingerprint density at radius 3 is 2.74 bits per heavy atom. The average Bonchev–Trinajstić information content (AvgIpc) is 2.47. The maximum absolute atomic E-state index is 11.3. The Labute approximate surface area is 111 Å². The molecule has 0 radical (unpaired) electrons. The number of anilines is 1. The molecule has 0 bridgehead atoms. The molecule has 2 heterocycles. The Balaban J connectivity index is 2.21. The summed E-state index contributed by atoms with van der Waals surface area (Å²) in [7, 11) is 2.87. The Hall–Kier alpha value is -1.89. The molecule has 1 aliphatic heterocycles. The van der Waals surface area contributed by atoms with Crippen LogP contribution in [-0.4, -0.2) is 56.5 Å². The molecule has 104 valence electrons. The number of carbonyl (C=O) groups is 1. The highest BCUT2D eigenvalue weighted by Crippen LogP contribution is 2.18. The second kappa shape index (κ2) is 6.33. The first-order chi connectivity index (χ1) is 9.22. The molecule has 0 amide bonds. The van der Waals surface area contributed by atoms with Crippen molar-refractivity contribution in [2.75, 3.05) is 45.4 Å². The van der Waals surface area contributed by atoms with Gasteiger partial charge < -0.3 is 19.1 Å². The van der Waals surface area contributed by atoms with Gasteiger partial charge in [-0.05, 0) is 0 Å². The van der Waals surface area contributed by atoms with Crippen LogP contribution in [0.15, 0.2) is 6.07 Å². The van der Waals surface area contributed by atoms with Gasteiger partial charge in [-0.3, -0.25) is 4.79 Å². The Kier molecular flexibility index (Phi) is 4.51. The lowest BCUT2D eigenvalue weighted by Gasteiger charge is -2.28. The van der Waals surface area contributed by atoms with Gasteiger partial charge in [0.1, 0.15) is 18.1 Å². The number of ether oxygens (including phenoxy) is 3. The molecule has 19 heavy (non-hydrogen) atoms. The number of aromatic nitrogens is 2. The maximum Gasteiger partial charge on any atom is 0.313 e. The van der Waals surface area contributed by atoms with E-state index >= 15 is 0 Å². The van der Waals surface area contributed by atoms with E-state index in [1.54, 1.807) is 6.07 Å². The molecule has 0 N–H and O–H groups in total. The van der Waals surface area contributed by atoms with Crippen LogP contribution in [0, 0.1) is 0 Å². The first-order valence-corrected chi connectivity index (χ1v) is 6.04. The topological polar surface area (TPSA) is 73.8 Å². The maximum atomic E-state index is 11.3. The third-order valence-electron chi connectivity index (χ3n) is 2.81. The zero-order chi connectivity index (χ0) is 13.7. The van der Waals surface area contributed by atoms with Gasteiger partial charge in [-0.15, -0.1) is 0 Å². The summed E-state index contributed by atoms with van der Waals surface area (Å²) in [4.78, 5) is 21.9.